The van der Waals surface area contributed by atoms with Gasteiger partial charge in [-0.25, -0.2) is 4.39 Å². The van der Waals surface area contributed by atoms with Crippen LogP contribution in [0.25, 0.3) is 0 Å². The van der Waals surface area contributed by atoms with E-state index in [-0.39, 0.29) is 28.6 Å². The maximum atomic E-state index is 14.4. The standard InChI is InChI=1S/C27H28F4N4O3/c28-19-9-16(14-32)10-20(11-19)35(22(36)18-12-26(37,13-18)27(29,30)31)15-24-3-6-25(7-4-24,8-5-24)23-33-21(34-38-23)17-1-2-17/h9-11,17-18,37H,1-8,12-13,15H2. The second kappa shape index (κ2) is 8.50. The van der Waals surface area contributed by atoms with Crippen molar-refractivity contribution in [3.05, 3.63) is 41.3 Å². The Balaban J connectivity index is 1.24. The van der Waals surface area contributed by atoms with E-state index in [1.165, 1.54) is 11.0 Å². The summed E-state index contributed by atoms with van der Waals surface area (Å²) in [6.07, 6.45) is 0.444. The number of nitriles is 1. The predicted molar refractivity (Wildman–Crippen MR) is 125 cm³/mol. The third kappa shape index (κ3) is 4.17. The minimum Gasteiger partial charge on any atom is -0.380 e. The van der Waals surface area contributed by atoms with E-state index < -0.39 is 42.3 Å². The van der Waals surface area contributed by atoms with E-state index in [2.05, 4.69) is 5.16 Å². The summed E-state index contributed by atoms with van der Waals surface area (Å²) < 4.78 is 59.8. The van der Waals surface area contributed by atoms with Crippen molar-refractivity contribution in [2.75, 3.05) is 11.4 Å². The Labute approximate surface area is 216 Å². The molecule has 1 aromatic heterocycles. The van der Waals surface area contributed by atoms with Crippen LogP contribution in [0.3, 0.4) is 0 Å². The Hall–Kier alpha value is -3.00. The van der Waals surface area contributed by atoms with Gasteiger partial charge in [0.25, 0.3) is 0 Å². The summed E-state index contributed by atoms with van der Waals surface area (Å²) in [6.45, 7) is 0.203. The quantitative estimate of drug-likeness (QED) is 0.508. The van der Waals surface area contributed by atoms with Crippen LogP contribution in [0.2, 0.25) is 0 Å². The van der Waals surface area contributed by atoms with Gasteiger partial charge in [-0.15, -0.1) is 0 Å². The Kier molecular flexibility index (Phi) is 5.66. The molecular weight excluding hydrogens is 504 g/mol. The zero-order valence-corrected chi connectivity index (χ0v) is 20.7. The molecule has 0 saturated heterocycles. The number of alkyl halides is 3. The van der Waals surface area contributed by atoms with E-state index in [1.807, 2.05) is 6.07 Å². The normalized spacial score (nSPS) is 32.5. The molecule has 0 unspecified atom stereocenters. The van der Waals surface area contributed by atoms with Crippen LogP contribution in [0, 0.1) is 28.5 Å². The molecule has 7 nitrogen and oxygen atoms in total. The molecule has 1 heterocycles. The van der Waals surface area contributed by atoms with Crippen molar-refractivity contribution in [2.45, 2.75) is 87.3 Å². The van der Waals surface area contributed by atoms with Crippen LogP contribution in [0.5, 0.6) is 0 Å². The molecule has 5 fully saturated rings. The van der Waals surface area contributed by atoms with Crippen molar-refractivity contribution in [1.29, 1.82) is 5.26 Å². The van der Waals surface area contributed by atoms with E-state index in [0.29, 0.717) is 11.8 Å². The summed E-state index contributed by atoms with van der Waals surface area (Å²) in [5.74, 6) is -0.504. The smallest absolute Gasteiger partial charge is 0.380 e. The number of aromatic nitrogens is 2. The van der Waals surface area contributed by atoms with E-state index in [9.17, 15) is 32.7 Å². The molecule has 5 aliphatic carbocycles. The topological polar surface area (TPSA) is 103 Å². The number of nitrogens with zero attached hydrogens (tertiary/aromatic N) is 4. The minimum atomic E-state index is -4.83. The molecular formula is C27H28F4N4O3. The Bertz CT molecular complexity index is 1280. The van der Waals surface area contributed by atoms with Gasteiger partial charge < -0.3 is 14.5 Å². The first-order chi connectivity index (χ1) is 17.9. The van der Waals surface area contributed by atoms with Crippen molar-refractivity contribution >= 4 is 11.6 Å². The third-order valence-electron chi connectivity index (χ3n) is 9.37. The molecule has 2 bridgehead atoms. The molecule has 2 aromatic rings. The lowest BCUT2D eigenvalue weighted by Crippen LogP contribution is -2.60. The highest BCUT2D eigenvalue weighted by atomic mass is 19.4. The fourth-order valence-corrected chi connectivity index (χ4v) is 6.59. The van der Waals surface area contributed by atoms with Gasteiger partial charge in [0.1, 0.15) is 5.82 Å². The largest absolute Gasteiger partial charge is 0.417 e. The van der Waals surface area contributed by atoms with Gasteiger partial charge in [0.2, 0.25) is 11.8 Å². The first-order valence-corrected chi connectivity index (χ1v) is 13.1. The highest BCUT2D eigenvalue weighted by molar-refractivity contribution is 5.96. The predicted octanol–water partition coefficient (Wildman–Crippen LogP) is 5.29. The molecule has 5 aliphatic rings. The fourth-order valence-electron chi connectivity index (χ4n) is 6.59. The molecule has 1 amide bonds. The van der Waals surface area contributed by atoms with E-state index in [1.54, 1.807) is 0 Å². The van der Waals surface area contributed by atoms with Gasteiger partial charge in [-0.05, 0) is 87.8 Å². The van der Waals surface area contributed by atoms with Crippen LogP contribution in [0.15, 0.2) is 22.7 Å². The van der Waals surface area contributed by atoms with Crippen LogP contribution in [0.1, 0.15) is 87.4 Å². The maximum Gasteiger partial charge on any atom is 0.417 e. The van der Waals surface area contributed by atoms with Gasteiger partial charge in [0.15, 0.2) is 11.4 Å². The number of fused-ring (bicyclic) bond motifs is 3. The van der Waals surface area contributed by atoms with Gasteiger partial charge in [-0.3, -0.25) is 4.79 Å². The van der Waals surface area contributed by atoms with Crippen molar-refractivity contribution in [3.8, 4) is 6.07 Å². The summed E-state index contributed by atoms with van der Waals surface area (Å²) in [5.41, 5.74) is -3.24. The minimum absolute atomic E-state index is 0.0184. The SMILES string of the molecule is N#Cc1cc(F)cc(N(CC23CCC(c4nc(C5CC5)no4)(CC2)CC3)C(=O)C2CC(O)(C(F)(F)F)C2)c1. The van der Waals surface area contributed by atoms with Crippen LogP contribution in [-0.2, 0) is 10.2 Å². The number of amides is 1. The molecule has 202 valence electrons. The zero-order chi connectivity index (χ0) is 26.9. The number of hydrogen-bond donors (Lipinski definition) is 1. The van der Waals surface area contributed by atoms with E-state index >= 15 is 0 Å². The van der Waals surface area contributed by atoms with Gasteiger partial charge >= 0.3 is 6.18 Å². The molecule has 11 heteroatoms. The van der Waals surface area contributed by atoms with Crippen LogP contribution in [-0.4, -0.2) is 39.5 Å². The number of benzene rings is 1. The lowest BCUT2D eigenvalue weighted by Gasteiger charge is -2.53. The highest BCUT2D eigenvalue weighted by Gasteiger charge is 2.63. The van der Waals surface area contributed by atoms with Crippen molar-refractivity contribution in [1.82, 2.24) is 10.1 Å². The number of carbonyl (C=O) groups excluding carboxylic acids is 1. The Morgan fingerprint density at radius 3 is 2.37 bits per heavy atom. The fraction of sp³-hybridized carbons (Fsp3) is 0.630. The third-order valence-corrected chi connectivity index (χ3v) is 9.37. The second-order valence-electron chi connectivity index (χ2n) is 11.9. The zero-order valence-electron chi connectivity index (χ0n) is 20.7. The average Bonchev–Trinajstić information content (AvgIpc) is 3.60. The van der Waals surface area contributed by atoms with Gasteiger partial charge in [0, 0.05) is 29.5 Å². The Morgan fingerprint density at radius 1 is 1.13 bits per heavy atom. The maximum absolute atomic E-state index is 14.4. The van der Waals surface area contributed by atoms with Crippen molar-refractivity contribution < 1.29 is 32.0 Å². The number of aliphatic hydroxyl groups is 1. The van der Waals surface area contributed by atoms with Crippen LogP contribution < -0.4 is 4.90 Å². The number of carbonyl (C=O) groups is 1. The van der Waals surface area contributed by atoms with E-state index in [4.69, 9.17) is 9.51 Å². The summed E-state index contributed by atoms with van der Waals surface area (Å²) in [4.78, 5) is 19.6. The van der Waals surface area contributed by atoms with Gasteiger partial charge in [-0.1, -0.05) is 5.16 Å². The van der Waals surface area contributed by atoms with Crippen LogP contribution >= 0.6 is 0 Å². The first-order valence-electron chi connectivity index (χ1n) is 13.1. The molecule has 5 saturated carbocycles. The Morgan fingerprint density at radius 2 is 1.79 bits per heavy atom. The number of halogens is 4. The molecule has 1 aromatic carbocycles. The summed E-state index contributed by atoms with van der Waals surface area (Å²) in [7, 11) is 0. The second-order valence-corrected chi connectivity index (χ2v) is 11.9. The number of hydrogen-bond acceptors (Lipinski definition) is 6. The summed E-state index contributed by atoms with van der Waals surface area (Å²) in [5, 5.41) is 23.4. The van der Waals surface area contributed by atoms with Gasteiger partial charge in [-0.2, -0.15) is 23.4 Å². The summed E-state index contributed by atoms with van der Waals surface area (Å²) >= 11 is 0. The van der Waals surface area contributed by atoms with Gasteiger partial charge in [0.05, 0.1) is 11.6 Å². The average molecular weight is 533 g/mol. The molecule has 38 heavy (non-hydrogen) atoms. The number of rotatable bonds is 6. The number of anilines is 1. The van der Waals surface area contributed by atoms with E-state index in [0.717, 1.165) is 69.3 Å². The molecule has 0 spiro atoms. The lowest BCUT2D eigenvalue weighted by atomic mass is 9.53. The molecule has 0 radical (unpaired) electrons. The molecule has 0 aliphatic heterocycles. The molecule has 0 atom stereocenters. The first kappa shape index (κ1) is 25.3. The van der Waals surface area contributed by atoms with Crippen molar-refractivity contribution in [3.63, 3.8) is 0 Å². The monoisotopic (exact) mass is 532 g/mol. The van der Waals surface area contributed by atoms with Crippen LogP contribution in [0.4, 0.5) is 23.2 Å². The highest BCUT2D eigenvalue weighted by Crippen LogP contribution is 2.58. The molecule has 7 rings (SSSR count). The lowest BCUT2D eigenvalue weighted by molar-refractivity contribution is -0.295. The van der Waals surface area contributed by atoms with Crippen molar-refractivity contribution in [2.24, 2.45) is 11.3 Å². The summed E-state index contributed by atoms with van der Waals surface area (Å²) in [6, 6.07) is 5.45. The molecule has 1 N–H and O–H groups in total.